The number of rotatable bonds is 4. The molecule has 3 N–H and O–H groups in total. The van der Waals surface area contributed by atoms with E-state index in [0.29, 0.717) is 11.3 Å². The van der Waals surface area contributed by atoms with Gasteiger partial charge in [-0.2, -0.15) is 0 Å². The molecule has 2 aromatic heterocycles. The normalized spacial score (nSPS) is 25.2. The summed E-state index contributed by atoms with van der Waals surface area (Å²) in [5.74, 6) is 0.590. The Balaban J connectivity index is 1.73. The maximum atomic E-state index is 11.0. The van der Waals surface area contributed by atoms with Gasteiger partial charge in [0.1, 0.15) is 11.8 Å². The van der Waals surface area contributed by atoms with Gasteiger partial charge < -0.3 is 19.7 Å². The van der Waals surface area contributed by atoms with Gasteiger partial charge in [0.05, 0.1) is 12.9 Å². The maximum Gasteiger partial charge on any atom is 0.383 e. The van der Waals surface area contributed by atoms with Crippen molar-refractivity contribution in [1.29, 1.82) is 0 Å². The lowest BCUT2D eigenvalue weighted by Crippen LogP contribution is -2.08. The van der Waals surface area contributed by atoms with Crippen LogP contribution in [-0.4, -0.2) is 31.0 Å². The Kier molecular flexibility index (Phi) is 3.92. The van der Waals surface area contributed by atoms with E-state index in [1.807, 2.05) is 4.57 Å². The molecule has 1 aliphatic carbocycles. The van der Waals surface area contributed by atoms with E-state index >= 15 is 0 Å². The first-order valence-electron chi connectivity index (χ1n) is 6.57. The lowest BCUT2D eigenvalue weighted by molar-refractivity contribution is 0.226. The molecule has 8 nitrogen and oxygen atoms in total. The third kappa shape index (κ3) is 3.21. The molecule has 1 unspecified atom stereocenters. The van der Waals surface area contributed by atoms with Gasteiger partial charge in [-0.15, -0.1) is 0 Å². The van der Waals surface area contributed by atoms with E-state index < -0.39 is 6.80 Å². The first-order chi connectivity index (χ1) is 9.94. The Hall–Kier alpha value is -1.15. The van der Waals surface area contributed by atoms with Crippen LogP contribution < -0.4 is 5.73 Å². The molecule has 1 fully saturated rings. The van der Waals surface area contributed by atoms with E-state index in [2.05, 4.69) is 27.2 Å². The first-order valence-corrected chi connectivity index (χ1v) is 9.30. The lowest BCUT2D eigenvalue weighted by atomic mass is 10.1. The van der Waals surface area contributed by atoms with Gasteiger partial charge in [-0.1, -0.05) is 12.2 Å². The summed E-state index contributed by atoms with van der Waals surface area (Å²) in [5.41, 5.74) is 7.10. The van der Waals surface area contributed by atoms with Gasteiger partial charge in [-0.25, -0.2) is 19.5 Å². The summed E-state index contributed by atoms with van der Waals surface area (Å²) in [6, 6.07) is 0.232. The summed E-state index contributed by atoms with van der Waals surface area (Å²) >= 11 is 3.51. The molecule has 21 heavy (non-hydrogen) atoms. The van der Waals surface area contributed by atoms with Crippen LogP contribution in [0, 0.1) is 5.92 Å². The zero-order chi connectivity index (χ0) is 15.0. The zero-order valence-corrected chi connectivity index (χ0v) is 13.0. The topological polar surface area (TPSA) is 116 Å². The molecule has 0 aromatic carbocycles. The van der Waals surface area contributed by atoms with Crippen LogP contribution in [0.5, 0.6) is 0 Å². The van der Waals surface area contributed by atoms with Gasteiger partial charge in [-0.3, -0.25) is 0 Å². The molecule has 3 atom stereocenters. The Labute approximate surface area is 126 Å². The summed E-state index contributed by atoms with van der Waals surface area (Å²) < 4.78 is 17.9. The Morgan fingerprint density at radius 3 is 3.05 bits per heavy atom. The summed E-state index contributed by atoms with van der Waals surface area (Å²) in [6.45, 7) is -3.47. The van der Waals surface area contributed by atoms with E-state index in [0.717, 1.165) is 24.9 Å². The van der Waals surface area contributed by atoms with Crippen molar-refractivity contribution in [2.24, 2.45) is 5.92 Å². The van der Waals surface area contributed by atoms with Gasteiger partial charge in [-0.05, 0) is 25.2 Å². The molecule has 2 aromatic rings. The monoisotopic (exact) mass is 329 g/mol. The van der Waals surface area contributed by atoms with Crippen LogP contribution in [0.2, 0.25) is 0 Å². The van der Waals surface area contributed by atoms with Gasteiger partial charge in [0.25, 0.3) is 0 Å². The van der Waals surface area contributed by atoms with Crippen LogP contribution in [0.25, 0.3) is 11.2 Å². The van der Waals surface area contributed by atoms with E-state index in [9.17, 15) is 4.57 Å². The molecule has 114 valence electrons. The molecule has 3 rings (SSSR count). The number of thiol groups is 1. The molecule has 2 heterocycles. The maximum absolute atomic E-state index is 11.0. The highest BCUT2D eigenvalue weighted by Crippen LogP contribution is 2.48. The van der Waals surface area contributed by atoms with Crippen molar-refractivity contribution in [2.75, 3.05) is 12.3 Å². The molecule has 0 saturated heterocycles. The van der Waals surface area contributed by atoms with Crippen LogP contribution in [0.15, 0.2) is 12.7 Å². The number of hydrogen-bond acceptors (Lipinski definition) is 6. The van der Waals surface area contributed by atoms with E-state index in [1.54, 1.807) is 6.33 Å². The molecule has 1 aliphatic rings. The van der Waals surface area contributed by atoms with E-state index in [4.69, 9.17) is 15.2 Å². The number of nitrogen functional groups attached to an aromatic ring is 1. The van der Waals surface area contributed by atoms with E-state index in [1.165, 1.54) is 6.33 Å². The smallest absolute Gasteiger partial charge is 0.382 e. The Bertz CT molecular complexity index is 702. The predicted octanol–water partition coefficient (Wildman–Crippen LogP) is 1.80. The SMILES string of the molecule is Nc1ncnc2c1ncn2[C@H]1CC[C@@H](COP(=O)(O)S)C1. The zero-order valence-electron chi connectivity index (χ0n) is 11.2. The van der Waals surface area contributed by atoms with Gasteiger partial charge >= 0.3 is 6.80 Å². The fourth-order valence-corrected chi connectivity index (χ4v) is 3.40. The standard InChI is InChI=1S/C11H16N5O3PS/c12-10-9-11(14-5-13-10)16(6-15-9)8-2-1-7(3-8)4-19-20(17,18)21/h5-8H,1-4H2,(H2,12,13,14)(H2,17,18,21)/t7-,8+/m1/s1. The fraction of sp³-hybridized carbons (Fsp3) is 0.545. The lowest BCUT2D eigenvalue weighted by Gasteiger charge is -2.14. The quantitative estimate of drug-likeness (QED) is 0.578. The number of nitrogens with two attached hydrogens (primary N) is 1. The van der Waals surface area contributed by atoms with Gasteiger partial charge in [0, 0.05) is 6.04 Å². The van der Waals surface area contributed by atoms with Crippen molar-refractivity contribution in [3.63, 3.8) is 0 Å². The van der Waals surface area contributed by atoms with Gasteiger partial charge in [0.2, 0.25) is 0 Å². The van der Waals surface area contributed by atoms with Crippen molar-refractivity contribution in [2.45, 2.75) is 25.3 Å². The molecule has 0 radical (unpaired) electrons. The van der Waals surface area contributed by atoms with Crippen LogP contribution >= 0.6 is 19.0 Å². The number of nitrogens with zero attached hydrogens (tertiary/aromatic N) is 4. The average Bonchev–Trinajstić information content (AvgIpc) is 3.02. The van der Waals surface area contributed by atoms with Crippen LogP contribution in [-0.2, 0) is 9.09 Å². The van der Waals surface area contributed by atoms with Crippen molar-refractivity contribution in [3.05, 3.63) is 12.7 Å². The minimum absolute atomic E-state index is 0.222. The van der Waals surface area contributed by atoms with Gasteiger partial charge in [0.15, 0.2) is 11.5 Å². The molecule has 10 heteroatoms. The number of hydrogen-bond donors (Lipinski definition) is 3. The second-order valence-electron chi connectivity index (χ2n) is 5.20. The molecule has 0 amide bonds. The molecular formula is C11H16N5O3PS. The number of aromatic nitrogens is 4. The largest absolute Gasteiger partial charge is 0.383 e. The molecule has 0 spiro atoms. The molecule has 1 saturated carbocycles. The number of imidazole rings is 1. The van der Waals surface area contributed by atoms with Crippen molar-refractivity contribution < 1.29 is 14.0 Å². The fourth-order valence-electron chi connectivity index (χ4n) is 2.79. The number of anilines is 1. The van der Waals surface area contributed by atoms with Crippen LogP contribution in [0.4, 0.5) is 5.82 Å². The van der Waals surface area contributed by atoms with Crippen LogP contribution in [0.3, 0.4) is 0 Å². The van der Waals surface area contributed by atoms with Crippen LogP contribution in [0.1, 0.15) is 25.3 Å². The third-order valence-electron chi connectivity index (χ3n) is 3.77. The Morgan fingerprint density at radius 2 is 2.29 bits per heavy atom. The minimum atomic E-state index is -3.71. The summed E-state index contributed by atoms with van der Waals surface area (Å²) in [5, 5.41) is 0. The minimum Gasteiger partial charge on any atom is -0.382 e. The summed E-state index contributed by atoms with van der Waals surface area (Å²) in [7, 11) is 0. The average molecular weight is 329 g/mol. The molecular weight excluding hydrogens is 313 g/mol. The van der Waals surface area contributed by atoms with Crippen molar-refractivity contribution >= 4 is 36.0 Å². The predicted molar refractivity (Wildman–Crippen MR) is 80.9 cm³/mol. The summed E-state index contributed by atoms with van der Waals surface area (Å²) in [4.78, 5) is 21.5. The second-order valence-corrected chi connectivity index (χ2v) is 7.96. The highest BCUT2D eigenvalue weighted by atomic mass is 32.7. The highest BCUT2D eigenvalue weighted by molar-refractivity contribution is 8.44. The first kappa shape index (κ1) is 14.8. The van der Waals surface area contributed by atoms with Crippen molar-refractivity contribution in [3.8, 4) is 0 Å². The summed E-state index contributed by atoms with van der Waals surface area (Å²) in [6.07, 6.45) is 5.83. The number of fused-ring (bicyclic) bond motifs is 1. The molecule has 0 aliphatic heterocycles. The van der Waals surface area contributed by atoms with E-state index in [-0.39, 0.29) is 18.6 Å². The highest BCUT2D eigenvalue weighted by Gasteiger charge is 2.29. The third-order valence-corrected chi connectivity index (χ3v) is 4.60. The Morgan fingerprint density at radius 1 is 1.48 bits per heavy atom. The second kappa shape index (κ2) is 5.57. The molecule has 0 bridgehead atoms. The van der Waals surface area contributed by atoms with Crippen molar-refractivity contribution in [1.82, 2.24) is 19.5 Å².